The number of benzene rings is 2. The van der Waals surface area contributed by atoms with Gasteiger partial charge in [0.15, 0.2) is 5.58 Å². The van der Waals surface area contributed by atoms with Gasteiger partial charge in [0.2, 0.25) is 0 Å². The zero-order valence-corrected chi connectivity index (χ0v) is 12.3. The third-order valence-corrected chi connectivity index (χ3v) is 4.30. The van der Waals surface area contributed by atoms with Crippen molar-refractivity contribution in [1.29, 1.82) is 0 Å². The van der Waals surface area contributed by atoms with E-state index in [1.165, 1.54) is 0 Å². The molecule has 21 heavy (non-hydrogen) atoms. The van der Waals surface area contributed by atoms with Gasteiger partial charge in [-0.3, -0.25) is 0 Å². The number of oxazole rings is 1. The standard InChI is InChI=1S/C16H13N3OS/c1-19-13-8-4-2-6-11(13)17-15(19)10-21-16-18-12-7-3-5-9-14(12)20-16/h2-9H,10H2,1H3. The second-order valence-corrected chi connectivity index (χ2v) is 5.74. The minimum absolute atomic E-state index is 0.684. The fraction of sp³-hybridized carbons (Fsp3) is 0.125. The molecule has 0 aliphatic heterocycles. The third kappa shape index (κ3) is 2.19. The maximum absolute atomic E-state index is 5.72. The Hall–Kier alpha value is -2.27. The van der Waals surface area contributed by atoms with Gasteiger partial charge in [0.25, 0.3) is 5.22 Å². The van der Waals surface area contributed by atoms with Crippen LogP contribution in [-0.4, -0.2) is 14.5 Å². The number of hydrogen-bond donors (Lipinski definition) is 0. The Labute approximate surface area is 125 Å². The second-order valence-electron chi connectivity index (χ2n) is 4.81. The molecule has 0 saturated carbocycles. The van der Waals surface area contributed by atoms with Crippen LogP contribution in [0.5, 0.6) is 0 Å². The zero-order chi connectivity index (χ0) is 14.2. The lowest BCUT2D eigenvalue weighted by Gasteiger charge is -1.99. The summed E-state index contributed by atoms with van der Waals surface area (Å²) in [5.74, 6) is 1.75. The lowest BCUT2D eigenvalue weighted by molar-refractivity contribution is 0.489. The number of imidazole rings is 1. The van der Waals surface area contributed by atoms with Gasteiger partial charge in [-0.15, -0.1) is 0 Å². The first-order chi connectivity index (χ1) is 10.3. The van der Waals surface area contributed by atoms with E-state index in [0.29, 0.717) is 5.22 Å². The van der Waals surface area contributed by atoms with Gasteiger partial charge in [0.05, 0.1) is 16.8 Å². The molecule has 0 unspecified atom stereocenters. The molecule has 5 heteroatoms. The van der Waals surface area contributed by atoms with Crippen LogP contribution in [0, 0.1) is 0 Å². The molecule has 0 N–H and O–H groups in total. The minimum atomic E-state index is 0.684. The lowest BCUT2D eigenvalue weighted by Crippen LogP contribution is -1.95. The van der Waals surface area contributed by atoms with E-state index in [1.807, 2.05) is 49.5 Å². The second kappa shape index (κ2) is 4.93. The van der Waals surface area contributed by atoms with Crippen molar-refractivity contribution in [3.8, 4) is 0 Å². The Kier molecular flexibility index (Phi) is 2.93. The third-order valence-electron chi connectivity index (χ3n) is 3.48. The quantitative estimate of drug-likeness (QED) is 0.536. The summed E-state index contributed by atoms with van der Waals surface area (Å²) in [4.78, 5) is 9.12. The number of aromatic nitrogens is 3. The maximum atomic E-state index is 5.72. The summed E-state index contributed by atoms with van der Waals surface area (Å²) in [7, 11) is 2.04. The zero-order valence-electron chi connectivity index (χ0n) is 11.5. The van der Waals surface area contributed by atoms with Crippen molar-refractivity contribution in [3.05, 3.63) is 54.4 Å². The number of hydrogen-bond acceptors (Lipinski definition) is 4. The van der Waals surface area contributed by atoms with Crippen LogP contribution in [0.4, 0.5) is 0 Å². The van der Waals surface area contributed by atoms with Gasteiger partial charge in [-0.25, -0.2) is 9.97 Å². The van der Waals surface area contributed by atoms with Crippen molar-refractivity contribution in [2.75, 3.05) is 0 Å². The Balaban J connectivity index is 1.61. The van der Waals surface area contributed by atoms with E-state index in [0.717, 1.165) is 33.7 Å². The van der Waals surface area contributed by atoms with Gasteiger partial charge < -0.3 is 8.98 Å². The molecule has 2 aromatic carbocycles. The smallest absolute Gasteiger partial charge is 0.257 e. The molecular weight excluding hydrogens is 282 g/mol. The first kappa shape index (κ1) is 12.5. The van der Waals surface area contributed by atoms with Crippen LogP contribution < -0.4 is 0 Å². The normalized spacial score (nSPS) is 11.5. The number of nitrogens with zero attached hydrogens (tertiary/aromatic N) is 3. The number of rotatable bonds is 3. The van der Waals surface area contributed by atoms with Crippen LogP contribution in [0.15, 0.2) is 58.2 Å². The van der Waals surface area contributed by atoms with E-state index in [-0.39, 0.29) is 0 Å². The van der Waals surface area contributed by atoms with E-state index in [9.17, 15) is 0 Å². The summed E-state index contributed by atoms with van der Waals surface area (Å²) in [6.45, 7) is 0. The maximum Gasteiger partial charge on any atom is 0.257 e. The molecule has 0 atom stereocenters. The van der Waals surface area contributed by atoms with Crippen molar-refractivity contribution in [1.82, 2.24) is 14.5 Å². The van der Waals surface area contributed by atoms with Crippen molar-refractivity contribution >= 4 is 33.9 Å². The summed E-state index contributed by atoms with van der Waals surface area (Å²) in [5.41, 5.74) is 3.88. The highest BCUT2D eigenvalue weighted by atomic mass is 32.2. The van der Waals surface area contributed by atoms with E-state index in [2.05, 4.69) is 20.6 Å². The fourth-order valence-electron chi connectivity index (χ4n) is 2.36. The predicted molar refractivity (Wildman–Crippen MR) is 84.3 cm³/mol. The molecular formula is C16H13N3OS. The highest BCUT2D eigenvalue weighted by Crippen LogP contribution is 2.26. The largest absolute Gasteiger partial charge is 0.431 e. The monoisotopic (exact) mass is 295 g/mol. The molecule has 2 aromatic heterocycles. The number of para-hydroxylation sites is 4. The van der Waals surface area contributed by atoms with Crippen LogP contribution in [0.3, 0.4) is 0 Å². The summed E-state index contributed by atoms with van der Waals surface area (Å²) in [6.07, 6.45) is 0. The van der Waals surface area contributed by atoms with E-state index < -0.39 is 0 Å². The van der Waals surface area contributed by atoms with Crippen LogP contribution >= 0.6 is 11.8 Å². The number of fused-ring (bicyclic) bond motifs is 2. The Bertz CT molecular complexity index is 892. The van der Waals surface area contributed by atoms with Gasteiger partial charge in [-0.1, -0.05) is 36.0 Å². The minimum Gasteiger partial charge on any atom is -0.431 e. The number of aryl methyl sites for hydroxylation is 1. The summed E-state index contributed by atoms with van der Waals surface area (Å²) in [6, 6.07) is 15.9. The first-order valence-corrected chi connectivity index (χ1v) is 7.68. The van der Waals surface area contributed by atoms with Crippen molar-refractivity contribution in [2.45, 2.75) is 11.0 Å². The number of thioether (sulfide) groups is 1. The van der Waals surface area contributed by atoms with Crippen molar-refractivity contribution in [2.24, 2.45) is 7.05 Å². The molecule has 0 bridgehead atoms. The van der Waals surface area contributed by atoms with Crippen LogP contribution in [-0.2, 0) is 12.8 Å². The van der Waals surface area contributed by atoms with Gasteiger partial charge >= 0.3 is 0 Å². The van der Waals surface area contributed by atoms with Crippen LogP contribution in [0.1, 0.15) is 5.82 Å². The lowest BCUT2D eigenvalue weighted by atomic mass is 10.3. The average molecular weight is 295 g/mol. The Morgan fingerprint density at radius 2 is 1.76 bits per heavy atom. The average Bonchev–Trinajstić information content (AvgIpc) is 3.07. The molecule has 0 fully saturated rings. The molecule has 0 amide bonds. The van der Waals surface area contributed by atoms with Gasteiger partial charge in [0, 0.05) is 7.05 Å². The van der Waals surface area contributed by atoms with Crippen molar-refractivity contribution in [3.63, 3.8) is 0 Å². The first-order valence-electron chi connectivity index (χ1n) is 6.70. The fourth-order valence-corrected chi connectivity index (χ4v) is 3.19. The molecule has 0 radical (unpaired) electrons. The molecule has 0 aliphatic carbocycles. The highest BCUT2D eigenvalue weighted by molar-refractivity contribution is 7.98. The molecule has 0 saturated heterocycles. The van der Waals surface area contributed by atoms with Gasteiger partial charge in [0.1, 0.15) is 11.3 Å². The van der Waals surface area contributed by atoms with Crippen LogP contribution in [0.25, 0.3) is 22.1 Å². The summed E-state index contributed by atoms with van der Waals surface area (Å²) in [5, 5.41) is 0.684. The van der Waals surface area contributed by atoms with Crippen LogP contribution in [0.2, 0.25) is 0 Å². The molecule has 0 aliphatic rings. The Morgan fingerprint density at radius 1 is 1.00 bits per heavy atom. The van der Waals surface area contributed by atoms with E-state index >= 15 is 0 Å². The van der Waals surface area contributed by atoms with E-state index in [4.69, 9.17) is 4.42 Å². The van der Waals surface area contributed by atoms with Gasteiger partial charge in [-0.2, -0.15) is 0 Å². The SMILES string of the molecule is Cn1c(CSc2nc3ccccc3o2)nc2ccccc21. The van der Waals surface area contributed by atoms with Crippen molar-refractivity contribution < 1.29 is 4.42 Å². The molecule has 2 heterocycles. The Morgan fingerprint density at radius 3 is 2.57 bits per heavy atom. The summed E-state index contributed by atoms with van der Waals surface area (Å²) >= 11 is 1.57. The molecule has 0 spiro atoms. The topological polar surface area (TPSA) is 43.9 Å². The predicted octanol–water partition coefficient (Wildman–Crippen LogP) is 4.01. The van der Waals surface area contributed by atoms with Gasteiger partial charge in [-0.05, 0) is 24.3 Å². The molecule has 104 valence electrons. The highest BCUT2D eigenvalue weighted by Gasteiger charge is 2.10. The molecule has 4 aromatic rings. The molecule has 4 rings (SSSR count). The summed E-state index contributed by atoms with van der Waals surface area (Å²) < 4.78 is 7.83. The van der Waals surface area contributed by atoms with E-state index in [1.54, 1.807) is 11.8 Å². The molecule has 4 nitrogen and oxygen atoms in total.